The second-order valence-electron chi connectivity index (χ2n) is 8.06. The average Bonchev–Trinajstić information content (AvgIpc) is 3.40. The maximum absolute atomic E-state index is 12.8. The molecule has 34 heavy (non-hydrogen) atoms. The highest BCUT2D eigenvalue weighted by molar-refractivity contribution is 7.80. The number of nitrogens with one attached hydrogen (secondary N) is 2. The molecule has 0 bridgehead atoms. The fourth-order valence-electron chi connectivity index (χ4n) is 3.83. The van der Waals surface area contributed by atoms with Gasteiger partial charge in [0.25, 0.3) is 11.8 Å². The van der Waals surface area contributed by atoms with Gasteiger partial charge in [-0.25, -0.2) is 0 Å². The Kier molecular flexibility index (Phi) is 7.88. The molecule has 0 unspecified atom stereocenters. The third-order valence-corrected chi connectivity index (χ3v) is 5.85. The first-order valence-electron chi connectivity index (χ1n) is 11.4. The van der Waals surface area contributed by atoms with Crippen LogP contribution in [0.25, 0.3) is 0 Å². The van der Waals surface area contributed by atoms with Crippen LogP contribution in [0.5, 0.6) is 5.75 Å². The molecule has 1 aliphatic rings. The van der Waals surface area contributed by atoms with Crippen LogP contribution in [-0.2, 0) is 6.42 Å². The maximum Gasteiger partial charge on any atom is 0.257 e. The summed E-state index contributed by atoms with van der Waals surface area (Å²) < 4.78 is 5.78. The van der Waals surface area contributed by atoms with Gasteiger partial charge in [0.1, 0.15) is 5.75 Å². The summed E-state index contributed by atoms with van der Waals surface area (Å²) in [5.41, 5.74) is 2.79. The standard InChI is InChI=1S/C27H27N3O3S/c31-25(21-12-14-22(15-13-21)33-19-16-20-8-2-1-3-9-20)29-27(34)28-24-11-5-4-10-23(24)26(32)30-17-6-7-18-30/h1-5,8-15H,6-7,16-19H2,(H2,28,29,31,34). The number of carbonyl (C=O) groups excluding carboxylic acids is 2. The number of carbonyl (C=O) groups is 2. The van der Waals surface area contributed by atoms with Crippen molar-refractivity contribution in [3.05, 3.63) is 95.6 Å². The molecule has 7 heteroatoms. The summed E-state index contributed by atoms with van der Waals surface area (Å²) in [4.78, 5) is 27.3. The number of para-hydroxylation sites is 1. The van der Waals surface area contributed by atoms with E-state index in [1.807, 2.05) is 35.2 Å². The van der Waals surface area contributed by atoms with E-state index in [4.69, 9.17) is 17.0 Å². The third-order valence-electron chi connectivity index (χ3n) is 5.64. The molecule has 0 radical (unpaired) electrons. The number of thiocarbonyl (C=S) groups is 1. The van der Waals surface area contributed by atoms with Crippen molar-refractivity contribution in [2.75, 3.05) is 25.0 Å². The highest BCUT2D eigenvalue weighted by Gasteiger charge is 2.22. The van der Waals surface area contributed by atoms with Crippen molar-refractivity contribution in [3.8, 4) is 5.75 Å². The summed E-state index contributed by atoms with van der Waals surface area (Å²) in [6.07, 6.45) is 2.85. The molecular formula is C27H27N3O3S. The van der Waals surface area contributed by atoms with Crippen LogP contribution < -0.4 is 15.4 Å². The first kappa shape index (κ1) is 23.4. The van der Waals surface area contributed by atoms with Crippen molar-refractivity contribution in [1.29, 1.82) is 0 Å². The van der Waals surface area contributed by atoms with Crippen LogP contribution in [0, 0.1) is 0 Å². The summed E-state index contributed by atoms with van der Waals surface area (Å²) >= 11 is 5.33. The number of benzene rings is 3. The van der Waals surface area contributed by atoms with Gasteiger partial charge >= 0.3 is 0 Å². The zero-order chi connectivity index (χ0) is 23.8. The van der Waals surface area contributed by atoms with Crippen LogP contribution in [0.3, 0.4) is 0 Å². The number of nitrogens with zero attached hydrogens (tertiary/aromatic N) is 1. The lowest BCUT2D eigenvalue weighted by atomic mass is 10.1. The zero-order valence-corrected chi connectivity index (χ0v) is 19.6. The Bertz CT molecular complexity index is 1140. The van der Waals surface area contributed by atoms with Gasteiger partial charge in [0.15, 0.2) is 5.11 Å². The van der Waals surface area contributed by atoms with Crippen LogP contribution in [0.4, 0.5) is 5.69 Å². The number of ether oxygens (including phenoxy) is 1. The van der Waals surface area contributed by atoms with Gasteiger partial charge in [-0.15, -0.1) is 0 Å². The number of likely N-dealkylation sites (tertiary alicyclic amines) is 1. The van der Waals surface area contributed by atoms with Gasteiger partial charge in [-0.2, -0.15) is 0 Å². The quantitative estimate of drug-likeness (QED) is 0.488. The number of hydrogen-bond donors (Lipinski definition) is 2. The lowest BCUT2D eigenvalue weighted by Gasteiger charge is -2.18. The van der Waals surface area contributed by atoms with Crippen LogP contribution in [0.1, 0.15) is 39.1 Å². The Morgan fingerprint density at radius 3 is 2.29 bits per heavy atom. The molecule has 0 spiro atoms. The summed E-state index contributed by atoms with van der Waals surface area (Å²) in [7, 11) is 0. The molecular weight excluding hydrogens is 446 g/mol. The van der Waals surface area contributed by atoms with E-state index in [1.54, 1.807) is 36.4 Å². The highest BCUT2D eigenvalue weighted by atomic mass is 32.1. The largest absolute Gasteiger partial charge is 0.493 e. The first-order valence-corrected chi connectivity index (χ1v) is 11.8. The third kappa shape index (κ3) is 6.20. The molecule has 6 nitrogen and oxygen atoms in total. The molecule has 1 aliphatic heterocycles. The topological polar surface area (TPSA) is 70.7 Å². The number of anilines is 1. The normalized spacial score (nSPS) is 12.8. The minimum Gasteiger partial charge on any atom is -0.493 e. The molecule has 0 aromatic heterocycles. The Labute approximate surface area is 204 Å². The minimum atomic E-state index is -0.336. The second kappa shape index (κ2) is 11.4. The molecule has 174 valence electrons. The first-order chi connectivity index (χ1) is 16.6. The lowest BCUT2D eigenvalue weighted by Crippen LogP contribution is -2.35. The molecule has 1 heterocycles. The van der Waals surface area contributed by atoms with Crippen LogP contribution in [0.15, 0.2) is 78.9 Å². The van der Waals surface area contributed by atoms with Crippen molar-refractivity contribution in [2.24, 2.45) is 0 Å². The van der Waals surface area contributed by atoms with E-state index in [0.29, 0.717) is 29.2 Å². The fraction of sp³-hybridized carbons (Fsp3) is 0.222. The van der Waals surface area contributed by atoms with E-state index in [2.05, 4.69) is 22.8 Å². The van der Waals surface area contributed by atoms with Gasteiger partial charge in [0.05, 0.1) is 17.9 Å². The van der Waals surface area contributed by atoms with E-state index in [0.717, 1.165) is 32.4 Å². The van der Waals surface area contributed by atoms with Crippen molar-refractivity contribution >= 4 is 34.8 Å². The highest BCUT2D eigenvalue weighted by Crippen LogP contribution is 2.20. The summed E-state index contributed by atoms with van der Waals surface area (Å²) in [6, 6.07) is 24.2. The summed E-state index contributed by atoms with van der Waals surface area (Å²) in [5, 5.41) is 5.81. The lowest BCUT2D eigenvalue weighted by molar-refractivity contribution is 0.0793. The van der Waals surface area contributed by atoms with E-state index in [-0.39, 0.29) is 16.9 Å². The van der Waals surface area contributed by atoms with Gasteiger partial charge in [0, 0.05) is 25.1 Å². The Morgan fingerprint density at radius 1 is 0.882 bits per heavy atom. The molecule has 0 atom stereocenters. The second-order valence-corrected chi connectivity index (χ2v) is 8.47. The Morgan fingerprint density at radius 2 is 1.56 bits per heavy atom. The van der Waals surface area contributed by atoms with Gasteiger partial charge in [-0.05, 0) is 67.0 Å². The number of rotatable bonds is 7. The van der Waals surface area contributed by atoms with E-state index in [9.17, 15) is 9.59 Å². The summed E-state index contributed by atoms with van der Waals surface area (Å²) in [6.45, 7) is 2.08. The van der Waals surface area contributed by atoms with E-state index >= 15 is 0 Å². The predicted octanol–water partition coefficient (Wildman–Crippen LogP) is 4.67. The Balaban J connectivity index is 1.30. The van der Waals surface area contributed by atoms with Crippen molar-refractivity contribution in [3.63, 3.8) is 0 Å². The van der Waals surface area contributed by atoms with Crippen LogP contribution in [-0.4, -0.2) is 41.5 Å². The van der Waals surface area contributed by atoms with Crippen LogP contribution >= 0.6 is 12.2 Å². The zero-order valence-electron chi connectivity index (χ0n) is 18.8. The molecule has 2 amide bonds. The maximum atomic E-state index is 12.8. The van der Waals surface area contributed by atoms with Crippen LogP contribution in [0.2, 0.25) is 0 Å². The molecule has 0 saturated carbocycles. The predicted molar refractivity (Wildman–Crippen MR) is 137 cm³/mol. The number of amides is 2. The van der Waals surface area contributed by atoms with Gasteiger partial charge in [0.2, 0.25) is 0 Å². The molecule has 2 N–H and O–H groups in total. The molecule has 4 rings (SSSR count). The monoisotopic (exact) mass is 473 g/mol. The van der Waals surface area contributed by atoms with Gasteiger partial charge < -0.3 is 15.0 Å². The minimum absolute atomic E-state index is 0.0300. The summed E-state index contributed by atoms with van der Waals surface area (Å²) in [5.74, 6) is 0.330. The molecule has 1 saturated heterocycles. The Hall–Kier alpha value is -3.71. The van der Waals surface area contributed by atoms with Crippen molar-refractivity contribution < 1.29 is 14.3 Å². The SMILES string of the molecule is O=C(NC(=S)Nc1ccccc1C(=O)N1CCCC1)c1ccc(OCCc2ccccc2)cc1. The number of hydrogen-bond acceptors (Lipinski definition) is 4. The van der Waals surface area contributed by atoms with E-state index in [1.165, 1.54) is 5.56 Å². The smallest absolute Gasteiger partial charge is 0.257 e. The van der Waals surface area contributed by atoms with Crippen molar-refractivity contribution in [2.45, 2.75) is 19.3 Å². The van der Waals surface area contributed by atoms with Gasteiger partial charge in [-0.3, -0.25) is 14.9 Å². The van der Waals surface area contributed by atoms with Gasteiger partial charge in [-0.1, -0.05) is 42.5 Å². The molecule has 1 fully saturated rings. The molecule has 3 aromatic carbocycles. The fourth-order valence-corrected chi connectivity index (χ4v) is 4.03. The van der Waals surface area contributed by atoms with E-state index < -0.39 is 0 Å². The van der Waals surface area contributed by atoms with Crippen molar-refractivity contribution in [1.82, 2.24) is 10.2 Å². The molecule has 0 aliphatic carbocycles. The molecule has 3 aromatic rings. The average molecular weight is 474 g/mol.